The van der Waals surface area contributed by atoms with Crippen LogP contribution < -0.4 is 10.6 Å². The zero-order chi connectivity index (χ0) is 16.1. The van der Waals surface area contributed by atoms with E-state index >= 15 is 0 Å². The summed E-state index contributed by atoms with van der Waals surface area (Å²) in [6.45, 7) is 3.93. The van der Waals surface area contributed by atoms with Crippen molar-refractivity contribution < 1.29 is 9.53 Å². The highest BCUT2D eigenvalue weighted by molar-refractivity contribution is 6.30. The van der Waals surface area contributed by atoms with Gasteiger partial charge in [0, 0.05) is 36.7 Å². The molecule has 0 radical (unpaired) electrons. The van der Waals surface area contributed by atoms with Crippen molar-refractivity contribution in [2.24, 2.45) is 5.92 Å². The Balaban J connectivity index is 0.00000208. The quantitative estimate of drug-likeness (QED) is 0.853. The Morgan fingerprint density at radius 3 is 2.83 bits per heavy atom. The van der Waals surface area contributed by atoms with Gasteiger partial charge in [0.05, 0.1) is 5.92 Å². The van der Waals surface area contributed by atoms with Gasteiger partial charge in [-0.05, 0) is 49.9 Å². The maximum Gasteiger partial charge on any atom is 0.224 e. The third-order valence-corrected chi connectivity index (χ3v) is 5.39. The van der Waals surface area contributed by atoms with E-state index in [1.54, 1.807) is 0 Å². The van der Waals surface area contributed by atoms with Crippen molar-refractivity contribution in [2.75, 3.05) is 32.8 Å². The van der Waals surface area contributed by atoms with Gasteiger partial charge in [0.15, 0.2) is 0 Å². The first-order valence-corrected chi connectivity index (χ1v) is 8.90. The zero-order valence-corrected chi connectivity index (χ0v) is 15.4. The lowest BCUT2D eigenvalue weighted by atomic mass is 9.74. The van der Waals surface area contributed by atoms with E-state index in [1.165, 1.54) is 5.56 Å². The number of amides is 1. The Morgan fingerprint density at radius 1 is 1.38 bits per heavy atom. The molecule has 2 fully saturated rings. The SMILES string of the molecule is Cl.O=C(NCC1(c2cccc(Cl)c2)CCOCC1)C1CCCNC1. The second-order valence-electron chi connectivity index (χ2n) is 6.66. The van der Waals surface area contributed by atoms with Gasteiger partial charge < -0.3 is 15.4 Å². The summed E-state index contributed by atoms with van der Waals surface area (Å²) in [5, 5.41) is 7.25. The topological polar surface area (TPSA) is 50.4 Å². The fourth-order valence-electron chi connectivity index (χ4n) is 3.62. The number of piperidine rings is 1. The standard InChI is InChI=1S/C18H25ClN2O2.ClH/c19-16-5-1-4-15(11-16)18(6-9-23-10-7-18)13-21-17(22)14-3-2-8-20-12-14;/h1,4-5,11,14,20H,2-3,6-10,12-13H2,(H,21,22);1H. The van der Waals surface area contributed by atoms with Crippen molar-refractivity contribution in [3.8, 4) is 0 Å². The first kappa shape index (κ1) is 19.5. The largest absolute Gasteiger partial charge is 0.381 e. The minimum Gasteiger partial charge on any atom is -0.381 e. The monoisotopic (exact) mass is 372 g/mol. The number of halogens is 2. The summed E-state index contributed by atoms with van der Waals surface area (Å²) >= 11 is 6.18. The van der Waals surface area contributed by atoms with Crippen LogP contribution in [0.1, 0.15) is 31.2 Å². The average Bonchev–Trinajstić information content (AvgIpc) is 2.61. The number of nitrogens with one attached hydrogen (secondary N) is 2. The number of hydrogen-bond donors (Lipinski definition) is 2. The first-order valence-electron chi connectivity index (χ1n) is 8.52. The molecule has 0 bridgehead atoms. The molecular weight excluding hydrogens is 347 g/mol. The third-order valence-electron chi connectivity index (χ3n) is 5.16. The Kier molecular flexibility index (Phi) is 7.35. The maximum atomic E-state index is 12.5. The van der Waals surface area contributed by atoms with Crippen LogP contribution in [0.3, 0.4) is 0 Å². The van der Waals surface area contributed by atoms with Crippen LogP contribution in [0.15, 0.2) is 24.3 Å². The molecule has 0 aliphatic carbocycles. The number of carbonyl (C=O) groups is 1. The Morgan fingerprint density at radius 2 is 2.17 bits per heavy atom. The highest BCUT2D eigenvalue weighted by Crippen LogP contribution is 2.35. The summed E-state index contributed by atoms with van der Waals surface area (Å²) in [5.41, 5.74) is 1.14. The smallest absolute Gasteiger partial charge is 0.224 e. The molecule has 2 aliphatic heterocycles. The molecule has 2 N–H and O–H groups in total. The predicted octanol–water partition coefficient (Wildman–Crippen LogP) is 2.93. The summed E-state index contributed by atoms with van der Waals surface area (Å²) in [7, 11) is 0. The van der Waals surface area contributed by atoms with Crippen LogP contribution in [0.25, 0.3) is 0 Å². The van der Waals surface area contributed by atoms with Gasteiger partial charge in [0.25, 0.3) is 0 Å². The summed E-state index contributed by atoms with van der Waals surface area (Å²) in [5.74, 6) is 0.269. The van der Waals surface area contributed by atoms with Crippen LogP contribution in [0, 0.1) is 5.92 Å². The lowest BCUT2D eigenvalue weighted by Gasteiger charge is -2.38. The molecule has 0 aromatic heterocycles. The van der Waals surface area contributed by atoms with Crippen molar-refractivity contribution in [3.63, 3.8) is 0 Å². The molecule has 1 unspecified atom stereocenters. The molecule has 3 rings (SSSR count). The van der Waals surface area contributed by atoms with Gasteiger partial charge in [-0.3, -0.25) is 4.79 Å². The summed E-state index contributed by atoms with van der Waals surface area (Å²) in [6.07, 6.45) is 3.88. The molecule has 2 aliphatic rings. The van der Waals surface area contributed by atoms with Crippen LogP contribution in [-0.2, 0) is 14.9 Å². The summed E-state index contributed by atoms with van der Waals surface area (Å²) in [6, 6.07) is 8.03. The van der Waals surface area contributed by atoms with E-state index < -0.39 is 0 Å². The number of hydrogen-bond acceptors (Lipinski definition) is 3. The predicted molar refractivity (Wildman–Crippen MR) is 99.0 cm³/mol. The van der Waals surface area contributed by atoms with E-state index in [9.17, 15) is 4.79 Å². The zero-order valence-electron chi connectivity index (χ0n) is 13.9. The molecule has 6 heteroatoms. The fourth-order valence-corrected chi connectivity index (χ4v) is 3.81. The summed E-state index contributed by atoms with van der Waals surface area (Å²) in [4.78, 5) is 12.5. The van der Waals surface area contributed by atoms with Crippen molar-refractivity contribution >= 4 is 29.9 Å². The van der Waals surface area contributed by atoms with Crippen LogP contribution in [-0.4, -0.2) is 38.8 Å². The van der Waals surface area contributed by atoms with Gasteiger partial charge in [-0.1, -0.05) is 23.7 Å². The number of rotatable bonds is 4. The Labute approximate surface area is 155 Å². The van der Waals surface area contributed by atoms with E-state index in [0.717, 1.165) is 57.0 Å². The Hall–Kier alpha value is -0.810. The van der Waals surface area contributed by atoms with E-state index in [4.69, 9.17) is 16.3 Å². The lowest BCUT2D eigenvalue weighted by Crippen LogP contribution is -2.48. The molecule has 0 spiro atoms. The van der Waals surface area contributed by atoms with Gasteiger partial charge in [-0.25, -0.2) is 0 Å². The fraction of sp³-hybridized carbons (Fsp3) is 0.611. The molecular formula is C18H26Cl2N2O2. The van der Waals surface area contributed by atoms with E-state index in [-0.39, 0.29) is 29.6 Å². The highest BCUT2D eigenvalue weighted by atomic mass is 35.5. The molecule has 24 heavy (non-hydrogen) atoms. The summed E-state index contributed by atoms with van der Waals surface area (Å²) < 4.78 is 5.54. The van der Waals surface area contributed by atoms with Crippen LogP contribution >= 0.6 is 24.0 Å². The van der Waals surface area contributed by atoms with Gasteiger partial charge in [-0.2, -0.15) is 0 Å². The number of ether oxygens (including phenoxy) is 1. The molecule has 134 valence electrons. The third kappa shape index (κ3) is 4.63. The van der Waals surface area contributed by atoms with Gasteiger partial charge in [0.1, 0.15) is 0 Å². The van der Waals surface area contributed by atoms with Gasteiger partial charge in [-0.15, -0.1) is 12.4 Å². The lowest BCUT2D eigenvalue weighted by molar-refractivity contribution is -0.126. The second-order valence-corrected chi connectivity index (χ2v) is 7.10. The van der Waals surface area contributed by atoms with Crippen molar-refractivity contribution in [1.29, 1.82) is 0 Å². The molecule has 1 aromatic carbocycles. The van der Waals surface area contributed by atoms with E-state index in [0.29, 0.717) is 6.54 Å². The Bertz CT molecular complexity index is 542. The van der Waals surface area contributed by atoms with Crippen LogP contribution in [0.2, 0.25) is 5.02 Å². The van der Waals surface area contributed by atoms with E-state index in [1.807, 2.05) is 18.2 Å². The molecule has 1 atom stereocenters. The van der Waals surface area contributed by atoms with Crippen molar-refractivity contribution in [3.05, 3.63) is 34.9 Å². The minimum absolute atomic E-state index is 0. The van der Waals surface area contributed by atoms with Crippen molar-refractivity contribution in [1.82, 2.24) is 10.6 Å². The van der Waals surface area contributed by atoms with Crippen LogP contribution in [0.4, 0.5) is 0 Å². The average molecular weight is 373 g/mol. The maximum absolute atomic E-state index is 12.5. The van der Waals surface area contributed by atoms with Gasteiger partial charge >= 0.3 is 0 Å². The van der Waals surface area contributed by atoms with Crippen LogP contribution in [0.5, 0.6) is 0 Å². The molecule has 0 saturated carbocycles. The molecule has 2 saturated heterocycles. The minimum atomic E-state index is -0.0685. The highest BCUT2D eigenvalue weighted by Gasteiger charge is 2.35. The molecule has 1 aromatic rings. The molecule has 1 amide bonds. The first-order chi connectivity index (χ1) is 11.2. The normalized spacial score (nSPS) is 23.1. The molecule has 2 heterocycles. The number of benzene rings is 1. The van der Waals surface area contributed by atoms with E-state index in [2.05, 4.69) is 16.7 Å². The van der Waals surface area contributed by atoms with Gasteiger partial charge in [0.2, 0.25) is 5.91 Å². The molecule has 4 nitrogen and oxygen atoms in total. The van der Waals surface area contributed by atoms with Crippen molar-refractivity contribution in [2.45, 2.75) is 31.1 Å². The second kappa shape index (κ2) is 9.04. The number of carbonyl (C=O) groups excluding carboxylic acids is 1.